The molecule has 0 bridgehead atoms. The number of thioether (sulfide) groups is 1. The highest BCUT2D eigenvalue weighted by Gasteiger charge is 2.36. The summed E-state index contributed by atoms with van der Waals surface area (Å²) in [4.78, 5) is 25.6. The Morgan fingerprint density at radius 1 is 0.979 bits per heavy atom. The Bertz CT molecular complexity index is 1750. The molecule has 0 radical (unpaired) electrons. The van der Waals surface area contributed by atoms with Gasteiger partial charge in [-0.15, -0.1) is 10.2 Å². The molecule has 0 saturated heterocycles. The number of rotatable bonds is 17. The van der Waals surface area contributed by atoms with E-state index in [1.165, 1.54) is 0 Å². The Morgan fingerprint density at radius 3 is 2.42 bits per heavy atom. The zero-order chi connectivity index (χ0) is 34.9. The van der Waals surface area contributed by atoms with Crippen molar-refractivity contribution in [3.05, 3.63) is 74.4 Å². The van der Waals surface area contributed by atoms with Crippen LogP contribution in [0.15, 0.2) is 52.4 Å². The number of hydrogen-bond acceptors (Lipinski definition) is 7. The third-order valence-corrected chi connectivity index (χ3v) is 15.2. The lowest BCUT2D eigenvalue weighted by Crippen LogP contribution is -2.41. The van der Waals surface area contributed by atoms with E-state index in [1.54, 1.807) is 34.6 Å². The predicted molar refractivity (Wildman–Crippen MR) is 201 cm³/mol. The molecule has 0 aliphatic rings. The number of fused-ring (bicyclic) bond motifs is 1. The number of benzene rings is 2. The van der Waals surface area contributed by atoms with Crippen LogP contribution in [0.3, 0.4) is 0 Å². The number of carbonyl (C=O) groups is 1. The standard InChI is InChI=1S/C35H48Cl2N6O3SSi/c1-35(2,3)48(5,6)46-21-14-20-43-33(45)27-16-12-11-15-26(27)30(41-43)24-31-39-40-34(42(31)4)47-22-13-9-7-8-10-17-32(44)38-29-19-18-25(36)23-28(29)37/h11-12,15-16,18-19,23H,7-10,13-14,17,20-22,24H2,1-6H3,(H,38,44). The van der Waals surface area contributed by atoms with Gasteiger partial charge in [0.05, 0.1) is 28.2 Å². The lowest BCUT2D eigenvalue weighted by atomic mass is 10.1. The summed E-state index contributed by atoms with van der Waals surface area (Å²) in [6.45, 7) is 12.3. The van der Waals surface area contributed by atoms with Gasteiger partial charge in [0.1, 0.15) is 5.82 Å². The van der Waals surface area contributed by atoms with Crippen LogP contribution in [0.25, 0.3) is 10.8 Å². The molecule has 48 heavy (non-hydrogen) atoms. The number of hydrogen-bond donors (Lipinski definition) is 1. The van der Waals surface area contributed by atoms with Gasteiger partial charge in [-0.25, -0.2) is 4.68 Å². The van der Waals surface area contributed by atoms with Gasteiger partial charge in [-0.2, -0.15) is 5.10 Å². The smallest absolute Gasteiger partial charge is 0.274 e. The lowest BCUT2D eigenvalue weighted by Gasteiger charge is -2.36. The van der Waals surface area contributed by atoms with E-state index >= 15 is 0 Å². The summed E-state index contributed by atoms with van der Waals surface area (Å²) in [6, 6.07) is 12.7. The molecule has 4 rings (SSSR count). The van der Waals surface area contributed by atoms with Gasteiger partial charge < -0.3 is 14.3 Å². The fourth-order valence-corrected chi connectivity index (χ4v) is 7.48. The summed E-state index contributed by atoms with van der Waals surface area (Å²) in [5, 5.41) is 20.1. The summed E-state index contributed by atoms with van der Waals surface area (Å²) in [5.41, 5.74) is 1.32. The van der Waals surface area contributed by atoms with Gasteiger partial charge in [0.2, 0.25) is 5.91 Å². The molecule has 0 fully saturated rings. The van der Waals surface area contributed by atoms with Crippen molar-refractivity contribution in [1.29, 1.82) is 0 Å². The number of unbranched alkanes of at least 4 members (excludes halogenated alkanes) is 4. The molecule has 4 aromatic rings. The molecule has 0 spiro atoms. The number of aromatic nitrogens is 5. The van der Waals surface area contributed by atoms with E-state index in [2.05, 4.69) is 49.4 Å². The Labute approximate surface area is 299 Å². The molecule has 0 saturated carbocycles. The van der Waals surface area contributed by atoms with Crippen LogP contribution in [-0.4, -0.2) is 51.1 Å². The van der Waals surface area contributed by atoms with E-state index in [0.717, 1.165) is 66.3 Å². The molecule has 0 unspecified atom stereocenters. The van der Waals surface area contributed by atoms with Gasteiger partial charge in [-0.3, -0.25) is 9.59 Å². The van der Waals surface area contributed by atoms with Crippen molar-refractivity contribution in [3.63, 3.8) is 0 Å². The maximum absolute atomic E-state index is 13.3. The van der Waals surface area contributed by atoms with Crippen LogP contribution >= 0.6 is 35.0 Å². The molecule has 13 heteroatoms. The fraction of sp³-hybridized carbons (Fsp3) is 0.514. The first-order valence-electron chi connectivity index (χ1n) is 16.7. The summed E-state index contributed by atoms with van der Waals surface area (Å²) in [6.07, 6.45) is 6.68. The summed E-state index contributed by atoms with van der Waals surface area (Å²) < 4.78 is 9.94. The second-order valence-corrected chi connectivity index (χ2v) is 20.4. The van der Waals surface area contributed by atoms with E-state index < -0.39 is 8.32 Å². The molecular weight excluding hydrogens is 683 g/mol. The highest BCUT2D eigenvalue weighted by molar-refractivity contribution is 7.99. The van der Waals surface area contributed by atoms with Gasteiger partial charge in [-0.05, 0) is 61.7 Å². The van der Waals surface area contributed by atoms with Crippen molar-refractivity contribution in [2.75, 3.05) is 17.7 Å². The first-order valence-corrected chi connectivity index (χ1v) is 21.3. The van der Waals surface area contributed by atoms with Gasteiger partial charge >= 0.3 is 0 Å². The van der Waals surface area contributed by atoms with Crippen molar-refractivity contribution in [1.82, 2.24) is 24.5 Å². The summed E-state index contributed by atoms with van der Waals surface area (Å²) in [5.74, 6) is 1.70. The first kappa shape index (κ1) is 38.1. The Kier molecular flexibility index (Phi) is 13.7. The molecule has 2 aromatic heterocycles. The normalized spacial score (nSPS) is 12.2. The molecule has 260 valence electrons. The van der Waals surface area contributed by atoms with E-state index in [4.69, 9.17) is 32.7 Å². The summed E-state index contributed by atoms with van der Waals surface area (Å²) in [7, 11) is 0.131. The van der Waals surface area contributed by atoms with Crippen LogP contribution in [0.2, 0.25) is 28.2 Å². The lowest BCUT2D eigenvalue weighted by molar-refractivity contribution is -0.116. The third-order valence-electron chi connectivity index (χ3n) is 8.96. The average Bonchev–Trinajstić information content (AvgIpc) is 3.37. The van der Waals surface area contributed by atoms with Crippen LogP contribution in [0.4, 0.5) is 5.69 Å². The minimum absolute atomic E-state index is 0.0402. The van der Waals surface area contributed by atoms with Gasteiger partial charge in [0, 0.05) is 42.8 Å². The SMILES string of the molecule is Cn1c(Cc2nn(CCCO[Si](C)(C)C(C)(C)C)c(=O)c3ccccc23)nnc1SCCCCCCCC(=O)Nc1ccc(Cl)cc1Cl. The summed E-state index contributed by atoms with van der Waals surface area (Å²) >= 11 is 13.8. The maximum atomic E-state index is 13.3. The Morgan fingerprint density at radius 2 is 1.69 bits per heavy atom. The van der Waals surface area contributed by atoms with Crippen molar-refractivity contribution in [3.8, 4) is 0 Å². The number of aryl methyl sites for hydroxylation is 1. The quantitative estimate of drug-likeness (QED) is 0.0657. The van der Waals surface area contributed by atoms with Crippen molar-refractivity contribution in [2.24, 2.45) is 7.05 Å². The minimum Gasteiger partial charge on any atom is -0.417 e. The second kappa shape index (κ2) is 17.3. The molecule has 2 heterocycles. The zero-order valence-corrected chi connectivity index (χ0v) is 32.3. The number of amides is 1. The second-order valence-electron chi connectivity index (χ2n) is 13.7. The molecular formula is C35H48Cl2N6O3SSi. The van der Waals surface area contributed by atoms with Crippen molar-refractivity contribution in [2.45, 2.75) is 102 Å². The molecule has 1 N–H and O–H groups in total. The van der Waals surface area contributed by atoms with Gasteiger partial charge in [0.15, 0.2) is 13.5 Å². The van der Waals surface area contributed by atoms with Gasteiger partial charge in [0.25, 0.3) is 5.56 Å². The average molecular weight is 732 g/mol. The van der Waals surface area contributed by atoms with E-state index in [0.29, 0.717) is 47.1 Å². The Balaban J connectivity index is 1.24. The third kappa shape index (κ3) is 10.4. The largest absolute Gasteiger partial charge is 0.417 e. The van der Waals surface area contributed by atoms with Crippen molar-refractivity contribution >= 4 is 65.6 Å². The number of halogens is 2. The van der Waals surface area contributed by atoms with Crippen LogP contribution in [0, 0.1) is 0 Å². The fourth-order valence-electron chi connectivity index (χ4n) is 5.00. The first-order chi connectivity index (χ1) is 22.8. The molecule has 1 amide bonds. The van der Waals surface area contributed by atoms with Gasteiger partial charge in [-0.1, -0.05) is 93.2 Å². The molecule has 0 aliphatic heterocycles. The number of anilines is 1. The number of nitrogens with one attached hydrogen (secondary N) is 1. The molecule has 0 atom stereocenters. The Hall–Kier alpha value is -2.70. The van der Waals surface area contributed by atoms with Crippen LogP contribution in [0.1, 0.15) is 77.2 Å². The van der Waals surface area contributed by atoms with E-state index in [-0.39, 0.29) is 16.5 Å². The topological polar surface area (TPSA) is 104 Å². The molecule has 2 aromatic carbocycles. The zero-order valence-electron chi connectivity index (χ0n) is 28.9. The monoisotopic (exact) mass is 730 g/mol. The van der Waals surface area contributed by atoms with E-state index in [9.17, 15) is 9.59 Å². The maximum Gasteiger partial charge on any atom is 0.274 e. The predicted octanol–water partition coefficient (Wildman–Crippen LogP) is 8.91. The number of carbonyl (C=O) groups excluding carboxylic acids is 1. The number of nitrogens with zero attached hydrogens (tertiary/aromatic N) is 5. The minimum atomic E-state index is -1.85. The molecule has 9 nitrogen and oxygen atoms in total. The van der Waals surface area contributed by atoms with E-state index in [1.807, 2.05) is 35.9 Å². The van der Waals surface area contributed by atoms with Crippen LogP contribution in [0.5, 0.6) is 0 Å². The molecule has 0 aliphatic carbocycles. The van der Waals surface area contributed by atoms with Crippen molar-refractivity contribution < 1.29 is 9.22 Å². The van der Waals surface area contributed by atoms with Crippen LogP contribution < -0.4 is 10.9 Å². The van der Waals surface area contributed by atoms with Crippen LogP contribution in [-0.2, 0) is 29.2 Å². The highest BCUT2D eigenvalue weighted by Crippen LogP contribution is 2.36. The highest BCUT2D eigenvalue weighted by atomic mass is 35.5.